The lowest BCUT2D eigenvalue weighted by Gasteiger charge is -2.26. The highest BCUT2D eigenvalue weighted by molar-refractivity contribution is 8.19. The van der Waals surface area contributed by atoms with Crippen molar-refractivity contribution in [1.82, 2.24) is 31.2 Å². The summed E-state index contributed by atoms with van der Waals surface area (Å²) >= 11 is 3.66. The van der Waals surface area contributed by atoms with Crippen LogP contribution in [0.5, 0.6) is 17.2 Å². The average molecular weight is 1590 g/mol. The van der Waals surface area contributed by atoms with Crippen molar-refractivity contribution in [2.75, 3.05) is 0 Å². The van der Waals surface area contributed by atoms with Gasteiger partial charge < -0.3 is 9.47 Å². The lowest BCUT2D eigenvalue weighted by molar-refractivity contribution is -0.137. The monoisotopic (exact) mass is 1590 g/mol. The summed E-state index contributed by atoms with van der Waals surface area (Å²) in [6.45, 7) is 5.48. The second-order valence-corrected chi connectivity index (χ2v) is 31.0. The fourth-order valence-corrected chi connectivity index (χ4v) is 16.9. The Balaban J connectivity index is 0.000000132. The van der Waals surface area contributed by atoms with Crippen LogP contribution < -0.4 is 30.7 Å². The van der Waals surface area contributed by atoms with Gasteiger partial charge in [0.1, 0.15) is 23.1 Å². The Morgan fingerprint density at radius 2 is 0.885 bits per heavy atom. The van der Waals surface area contributed by atoms with Gasteiger partial charge in [0.05, 0.1) is 42.7 Å². The number of allylic oxidation sites excluding steroid dienone is 3. The van der Waals surface area contributed by atoms with E-state index < -0.39 is 34.0 Å². The maximum Gasteiger partial charge on any atom is 0.416 e. The number of thioether (sulfide) groups is 4. The number of aryl methyl sites for hydroxylation is 1. The van der Waals surface area contributed by atoms with Crippen LogP contribution in [0.2, 0.25) is 0 Å². The van der Waals surface area contributed by atoms with E-state index in [-0.39, 0.29) is 44.8 Å². The van der Waals surface area contributed by atoms with Crippen LogP contribution >= 0.6 is 47.0 Å². The number of benzene rings is 8. The summed E-state index contributed by atoms with van der Waals surface area (Å²) < 4.78 is 65.4. The summed E-state index contributed by atoms with van der Waals surface area (Å²) in [6.07, 6.45) is 8.10. The van der Waals surface area contributed by atoms with Crippen molar-refractivity contribution in [1.29, 1.82) is 0 Å². The molecular weight excluding hydrogens is 1520 g/mol. The highest BCUT2D eigenvalue weighted by atomic mass is 32.2. The molecule has 0 bridgehead atoms. The third kappa shape index (κ3) is 20.2. The largest absolute Gasteiger partial charge is 0.490 e. The molecule has 8 aromatic carbocycles. The SMILES string of the molecule is C/C(=C1/SC(=O)NC1=O)c1cc(OC2CCCC2)cc(-c2cc(C(F)(F)F)ccn2)c1.C/C(=C1/SC(=O)NC1=O)c1cc(Oc2ccccc2)cc(-c2cccc(F)c2)c1.Cc1cccc(/C(=C2/SC(=O)NC2=O)c2cccc(-c3ccccc3)c2)c1.O=C1NC(=O)/C(=C(/c2cccc(-c3ccccn3)c2)C2CCCCC2)S1. The van der Waals surface area contributed by atoms with Crippen molar-refractivity contribution in [3.8, 4) is 62.0 Å². The normalized spacial score (nSPS) is 17.5. The molecule has 6 aliphatic rings. The van der Waals surface area contributed by atoms with Gasteiger partial charge in [0.25, 0.3) is 44.6 Å². The molecule has 24 heteroatoms. The van der Waals surface area contributed by atoms with Crippen molar-refractivity contribution in [3.63, 3.8) is 0 Å². The number of carbonyl (C=O) groups is 8. The molecule has 2 saturated carbocycles. The van der Waals surface area contributed by atoms with Gasteiger partial charge in [-0.15, -0.1) is 0 Å². The van der Waals surface area contributed by atoms with Gasteiger partial charge in [0.2, 0.25) is 0 Å². The zero-order valence-corrected chi connectivity index (χ0v) is 64.4. The first kappa shape index (κ1) is 79.4. The quantitative estimate of drug-likeness (QED) is 0.0586. The van der Waals surface area contributed by atoms with Gasteiger partial charge in [-0.1, -0.05) is 152 Å². The van der Waals surface area contributed by atoms with Crippen molar-refractivity contribution in [3.05, 3.63) is 301 Å². The number of imide groups is 4. The maximum atomic E-state index is 13.8. The van der Waals surface area contributed by atoms with Gasteiger partial charge in [-0.2, -0.15) is 13.2 Å². The van der Waals surface area contributed by atoms with Crippen LogP contribution in [0.3, 0.4) is 0 Å². The van der Waals surface area contributed by atoms with Gasteiger partial charge in [0.15, 0.2) is 0 Å². The zero-order valence-electron chi connectivity index (χ0n) is 61.2. The molecule has 2 aliphatic carbocycles. The molecule has 113 heavy (non-hydrogen) atoms. The van der Waals surface area contributed by atoms with Crippen LogP contribution in [0.25, 0.3) is 67.1 Å². The number of hydrogen-bond donors (Lipinski definition) is 4. The smallest absolute Gasteiger partial charge is 0.416 e. The Hall–Kier alpha value is -11.7. The molecule has 8 amide bonds. The number of hydrogen-bond acceptors (Lipinski definition) is 16. The summed E-state index contributed by atoms with van der Waals surface area (Å²) in [5, 5.41) is 7.81. The first-order valence-corrected chi connectivity index (χ1v) is 39.6. The van der Waals surface area contributed by atoms with Crippen molar-refractivity contribution in [2.24, 2.45) is 5.92 Å². The second-order valence-electron chi connectivity index (χ2n) is 27.0. The summed E-state index contributed by atoms with van der Waals surface area (Å²) in [7, 11) is 0. The Morgan fingerprint density at radius 3 is 1.47 bits per heavy atom. The highest BCUT2D eigenvalue weighted by Gasteiger charge is 2.36. The van der Waals surface area contributed by atoms with Crippen LogP contribution in [-0.4, -0.2) is 60.7 Å². The molecule has 4 saturated heterocycles. The highest BCUT2D eigenvalue weighted by Crippen LogP contribution is 2.45. The number of nitrogens with zero attached hydrogens (tertiary/aromatic N) is 2. The Kier molecular flexibility index (Phi) is 25.4. The van der Waals surface area contributed by atoms with E-state index in [0.717, 1.165) is 165 Å². The minimum atomic E-state index is -4.49. The Morgan fingerprint density at radius 1 is 0.398 bits per heavy atom. The molecule has 10 aromatic rings. The third-order valence-corrected chi connectivity index (χ3v) is 22.9. The van der Waals surface area contributed by atoms with E-state index in [9.17, 15) is 55.9 Å². The number of nitrogens with one attached hydrogen (secondary N) is 4. The lowest BCUT2D eigenvalue weighted by Crippen LogP contribution is -2.19. The van der Waals surface area contributed by atoms with E-state index in [1.165, 1.54) is 31.4 Å². The van der Waals surface area contributed by atoms with E-state index in [4.69, 9.17) is 9.47 Å². The Bertz CT molecular complexity index is 5510. The predicted octanol–water partition coefficient (Wildman–Crippen LogP) is 22.2. The minimum absolute atomic E-state index is 0.0382. The molecule has 16 nitrogen and oxygen atoms in total. The van der Waals surface area contributed by atoms with Crippen LogP contribution in [0, 0.1) is 18.7 Å². The first-order valence-electron chi connectivity index (χ1n) is 36.3. The van der Waals surface area contributed by atoms with Crippen LogP contribution in [0.4, 0.5) is 36.7 Å². The summed E-state index contributed by atoms with van der Waals surface area (Å²) in [5.74, 6) is 0.161. The Labute approximate surface area is 666 Å². The summed E-state index contributed by atoms with van der Waals surface area (Å²) in [4.78, 5) is 106. The number of rotatable bonds is 14. The number of amides is 8. The molecule has 0 unspecified atom stereocenters. The number of aromatic nitrogens is 2. The van der Waals surface area contributed by atoms with Crippen LogP contribution in [0.1, 0.15) is 111 Å². The standard InChI is InChI=1S/C23H16FNO3S.C23H17NO2S.C22H19F3N2O3S.C21H20N2O2S/c1-14(21-22(26)25-23(27)29-21)16-10-17(15-6-5-7-18(24)11-15)13-20(12-16)28-19-8-3-2-4-9-19;1-15-7-5-11-18(13-15)20(21-22(25)24-23(26)27-21)19-12-6-10-17(14-19)16-8-3-2-4-9-16;1-12(19-20(28)27-21(29)31-19)13-8-14(10-17(9-13)30-16-4-2-3-5-16)18-11-15(6-7-26-18)22(23,24)25;24-20-19(26-21(25)23-20)18(14-7-2-1-3-8-14)16-10-6-9-15(13-16)17-11-4-5-12-22-17/h2-13H,1H3,(H,25,26,27);2-14H,1H3,(H,24,25,26);6-11,16H,2-5H2,1H3,(H,27,28,29);4-6,9-14H,1-3,7-8H2,(H,23,24,25)/b21-14-;21-20-;19-12-;19-18-. The molecule has 4 aliphatic heterocycles. The zero-order chi connectivity index (χ0) is 79.3. The summed E-state index contributed by atoms with van der Waals surface area (Å²) in [5.41, 5.74) is 13.5. The molecule has 570 valence electrons. The van der Waals surface area contributed by atoms with Gasteiger partial charge in [-0.25, -0.2) is 4.39 Å². The van der Waals surface area contributed by atoms with Crippen LogP contribution in [0.15, 0.2) is 256 Å². The molecule has 2 aromatic heterocycles. The van der Waals surface area contributed by atoms with Gasteiger partial charge in [-0.3, -0.25) is 69.6 Å². The minimum Gasteiger partial charge on any atom is -0.490 e. The van der Waals surface area contributed by atoms with Crippen LogP contribution in [-0.2, 0) is 25.4 Å². The van der Waals surface area contributed by atoms with Crippen molar-refractivity contribution < 1.29 is 65.4 Å². The molecule has 4 N–H and O–H groups in total. The second kappa shape index (κ2) is 36.2. The first-order chi connectivity index (χ1) is 54.5. The van der Waals surface area contributed by atoms with Gasteiger partial charge >= 0.3 is 6.18 Å². The number of halogens is 4. The van der Waals surface area contributed by atoms with E-state index in [0.29, 0.717) is 71.3 Å². The van der Waals surface area contributed by atoms with E-state index >= 15 is 0 Å². The van der Waals surface area contributed by atoms with Gasteiger partial charge in [-0.05, 0) is 276 Å². The molecule has 16 rings (SSSR count). The number of carbonyl (C=O) groups excluding carboxylic acids is 8. The lowest BCUT2D eigenvalue weighted by atomic mass is 9.80. The summed E-state index contributed by atoms with van der Waals surface area (Å²) in [6, 6.07) is 68.2. The maximum absolute atomic E-state index is 13.8. The van der Waals surface area contributed by atoms with Gasteiger partial charge in [0, 0.05) is 29.1 Å². The molecule has 0 radical (unpaired) electrons. The van der Waals surface area contributed by atoms with Crippen molar-refractivity contribution >= 4 is 114 Å². The molecular formula is C89H72F4N6O10S4. The number of alkyl halides is 3. The average Bonchev–Trinajstić information content (AvgIpc) is 1.77. The molecule has 0 spiro atoms. The van der Waals surface area contributed by atoms with E-state index in [1.54, 1.807) is 56.4 Å². The third-order valence-electron chi connectivity index (χ3n) is 19.1. The van der Waals surface area contributed by atoms with Crippen molar-refractivity contribution in [2.45, 2.75) is 90.8 Å². The number of ether oxygens (including phenoxy) is 2. The molecule has 0 atom stereocenters. The predicted molar refractivity (Wildman–Crippen MR) is 438 cm³/mol. The number of pyridine rings is 2. The topological polar surface area (TPSA) is 229 Å². The molecule has 6 heterocycles. The fraction of sp³-hybridized carbons (Fsp3) is 0.169. The van der Waals surface area contributed by atoms with E-state index in [2.05, 4.69) is 55.5 Å². The molecule has 6 fully saturated rings. The fourth-order valence-electron chi connectivity index (χ4n) is 13.7. The van der Waals surface area contributed by atoms with E-state index in [1.807, 2.05) is 146 Å². The number of para-hydroxylation sites is 1.